The first kappa shape index (κ1) is 18.5. The number of fused-ring (bicyclic) bond motifs is 1. The van der Waals surface area contributed by atoms with Crippen molar-refractivity contribution in [2.75, 3.05) is 0 Å². The highest BCUT2D eigenvalue weighted by atomic mass is 32.1. The lowest BCUT2D eigenvalue weighted by atomic mass is 9.91. The minimum absolute atomic E-state index is 0.0295. The Balaban J connectivity index is 1.56. The Morgan fingerprint density at radius 3 is 2.17 bits per heavy atom. The van der Waals surface area contributed by atoms with Gasteiger partial charge in [0.25, 0.3) is 0 Å². The second-order valence-corrected chi connectivity index (χ2v) is 8.18. The fraction of sp³-hybridized carbons (Fsp3) is 0.0800. The van der Waals surface area contributed by atoms with Crippen molar-refractivity contribution in [2.24, 2.45) is 0 Å². The van der Waals surface area contributed by atoms with Gasteiger partial charge in [0.05, 0.1) is 5.92 Å². The third-order valence-corrected chi connectivity index (χ3v) is 5.88. The number of nitrogens with zero attached hydrogens (tertiary/aromatic N) is 4. The van der Waals surface area contributed by atoms with Crippen LogP contribution in [0.15, 0.2) is 84.9 Å². The molecule has 0 aliphatic carbocycles. The van der Waals surface area contributed by atoms with Crippen molar-refractivity contribution in [3.63, 3.8) is 0 Å². The van der Waals surface area contributed by atoms with E-state index in [1.54, 1.807) is 11.3 Å². The van der Waals surface area contributed by atoms with E-state index in [9.17, 15) is 0 Å². The third-order valence-electron chi connectivity index (χ3n) is 5.02. The quantitative estimate of drug-likeness (QED) is 0.367. The van der Waals surface area contributed by atoms with Gasteiger partial charge >= 0.3 is 0 Å². The standard InChI is InChI=1S/C25H20N4S/c1-18-9-8-10-19(17-18)15-16-22-28-29-24(26-27-25(29)30-22)23(20-11-4-2-5-12-20)21-13-6-3-7-14-21/h2-17,23H,1H3/b16-15+. The monoisotopic (exact) mass is 408 g/mol. The lowest BCUT2D eigenvalue weighted by Gasteiger charge is -2.15. The second-order valence-electron chi connectivity index (χ2n) is 7.19. The third kappa shape index (κ3) is 3.67. The van der Waals surface area contributed by atoms with Gasteiger partial charge in [0.1, 0.15) is 5.01 Å². The fourth-order valence-corrected chi connectivity index (χ4v) is 4.37. The van der Waals surface area contributed by atoms with Crippen molar-refractivity contribution in [1.82, 2.24) is 19.8 Å². The van der Waals surface area contributed by atoms with Gasteiger partial charge in [-0.25, -0.2) is 0 Å². The molecule has 0 amide bonds. The second kappa shape index (κ2) is 8.05. The van der Waals surface area contributed by atoms with Crippen LogP contribution in [-0.4, -0.2) is 19.8 Å². The van der Waals surface area contributed by atoms with E-state index in [0.29, 0.717) is 0 Å². The van der Waals surface area contributed by atoms with Crippen molar-refractivity contribution in [1.29, 1.82) is 0 Å². The number of rotatable bonds is 5. The van der Waals surface area contributed by atoms with Gasteiger partial charge in [0.15, 0.2) is 5.82 Å². The molecular formula is C25H20N4S. The van der Waals surface area contributed by atoms with Gasteiger partial charge in [-0.2, -0.15) is 9.61 Å². The van der Waals surface area contributed by atoms with Crippen LogP contribution in [0.25, 0.3) is 17.1 Å². The van der Waals surface area contributed by atoms with E-state index in [-0.39, 0.29) is 5.92 Å². The summed E-state index contributed by atoms with van der Waals surface area (Å²) in [5.41, 5.74) is 4.74. The summed E-state index contributed by atoms with van der Waals surface area (Å²) in [6, 6.07) is 29.2. The largest absolute Gasteiger partial charge is 0.234 e. The molecule has 0 bridgehead atoms. The number of aromatic nitrogens is 4. The first-order valence-electron chi connectivity index (χ1n) is 9.85. The Hall–Kier alpha value is -3.57. The van der Waals surface area contributed by atoms with Crippen molar-refractivity contribution >= 4 is 28.4 Å². The number of aryl methyl sites for hydroxylation is 1. The molecule has 5 rings (SSSR count). The van der Waals surface area contributed by atoms with Gasteiger partial charge in [-0.3, -0.25) is 0 Å². The molecule has 30 heavy (non-hydrogen) atoms. The highest BCUT2D eigenvalue weighted by Gasteiger charge is 2.24. The predicted octanol–water partition coefficient (Wildman–Crippen LogP) is 5.84. The molecule has 5 heteroatoms. The van der Waals surface area contributed by atoms with Crippen LogP contribution in [0.1, 0.15) is 39.0 Å². The van der Waals surface area contributed by atoms with Gasteiger partial charge in [-0.15, -0.1) is 10.2 Å². The van der Waals surface area contributed by atoms with Crippen molar-refractivity contribution < 1.29 is 0 Å². The molecule has 0 radical (unpaired) electrons. The van der Waals surface area contributed by atoms with Crippen LogP contribution in [-0.2, 0) is 0 Å². The highest BCUT2D eigenvalue weighted by Crippen LogP contribution is 2.31. The first-order valence-corrected chi connectivity index (χ1v) is 10.7. The van der Waals surface area contributed by atoms with Crippen molar-refractivity contribution in [3.8, 4) is 0 Å². The zero-order valence-electron chi connectivity index (χ0n) is 16.5. The smallest absolute Gasteiger partial charge is 0.186 e. The Labute approximate surface area is 179 Å². The SMILES string of the molecule is Cc1cccc(/C=C/c2nn3c(C(c4ccccc4)c4ccccc4)nnc3s2)c1. The van der Waals surface area contributed by atoms with E-state index >= 15 is 0 Å². The molecule has 0 N–H and O–H groups in total. The van der Waals surface area contributed by atoms with Crippen LogP contribution in [0.5, 0.6) is 0 Å². The lowest BCUT2D eigenvalue weighted by Crippen LogP contribution is -2.08. The molecule has 0 fully saturated rings. The average molecular weight is 409 g/mol. The Morgan fingerprint density at radius 1 is 0.800 bits per heavy atom. The molecule has 3 aromatic carbocycles. The van der Waals surface area contributed by atoms with Crippen LogP contribution in [0, 0.1) is 6.92 Å². The predicted molar refractivity (Wildman–Crippen MR) is 123 cm³/mol. The molecule has 146 valence electrons. The molecule has 5 aromatic rings. The molecule has 4 nitrogen and oxygen atoms in total. The zero-order valence-corrected chi connectivity index (χ0v) is 17.3. The number of hydrogen-bond acceptors (Lipinski definition) is 4. The van der Waals surface area contributed by atoms with Crippen molar-refractivity contribution in [2.45, 2.75) is 12.8 Å². The summed E-state index contributed by atoms with van der Waals surface area (Å²) in [5, 5.41) is 14.6. The summed E-state index contributed by atoms with van der Waals surface area (Å²) in [7, 11) is 0. The van der Waals surface area contributed by atoms with Gasteiger partial charge < -0.3 is 0 Å². The Kier molecular flexibility index (Phi) is 4.95. The molecule has 0 aliphatic rings. The summed E-state index contributed by atoms with van der Waals surface area (Å²) in [5.74, 6) is 0.798. The van der Waals surface area contributed by atoms with E-state index in [1.807, 2.05) is 22.7 Å². The molecule has 0 spiro atoms. The summed E-state index contributed by atoms with van der Waals surface area (Å²) in [6.45, 7) is 2.10. The number of hydrogen-bond donors (Lipinski definition) is 0. The topological polar surface area (TPSA) is 43.1 Å². The van der Waals surface area contributed by atoms with E-state index in [2.05, 4.69) is 96.0 Å². The molecule has 0 atom stereocenters. The van der Waals surface area contributed by atoms with E-state index in [0.717, 1.165) is 21.4 Å². The zero-order chi connectivity index (χ0) is 20.3. The molecule has 0 saturated heterocycles. The summed E-state index contributed by atoms with van der Waals surface area (Å²) < 4.78 is 1.88. The molecule has 2 aromatic heterocycles. The fourth-order valence-electron chi connectivity index (χ4n) is 3.62. The van der Waals surface area contributed by atoms with E-state index < -0.39 is 0 Å². The Bertz CT molecular complexity index is 1260. The van der Waals surface area contributed by atoms with Crippen molar-refractivity contribution in [3.05, 3.63) is 118 Å². The van der Waals surface area contributed by atoms with E-state index in [4.69, 9.17) is 5.10 Å². The lowest BCUT2D eigenvalue weighted by molar-refractivity contribution is 0.782. The molecule has 2 heterocycles. The van der Waals surface area contributed by atoms with Gasteiger partial charge in [-0.1, -0.05) is 108 Å². The van der Waals surface area contributed by atoms with E-state index in [1.165, 1.54) is 16.7 Å². The summed E-state index contributed by atoms with van der Waals surface area (Å²) in [4.78, 5) is 0.797. The summed E-state index contributed by atoms with van der Waals surface area (Å²) in [6.07, 6.45) is 4.13. The average Bonchev–Trinajstić information content (AvgIpc) is 3.36. The van der Waals surface area contributed by atoms with Crippen LogP contribution < -0.4 is 0 Å². The maximum atomic E-state index is 4.81. The normalized spacial score (nSPS) is 11.7. The Morgan fingerprint density at radius 2 is 1.50 bits per heavy atom. The van der Waals surface area contributed by atoms with Gasteiger partial charge in [0, 0.05) is 0 Å². The minimum atomic E-state index is -0.0295. The molecular weight excluding hydrogens is 388 g/mol. The maximum Gasteiger partial charge on any atom is 0.234 e. The summed E-state index contributed by atoms with van der Waals surface area (Å²) >= 11 is 1.54. The molecule has 0 saturated carbocycles. The number of benzene rings is 3. The maximum absolute atomic E-state index is 4.81. The van der Waals surface area contributed by atoms with Crippen LogP contribution in [0.3, 0.4) is 0 Å². The van der Waals surface area contributed by atoms with Gasteiger partial charge in [-0.05, 0) is 29.7 Å². The molecule has 0 aliphatic heterocycles. The van der Waals surface area contributed by atoms with Crippen LogP contribution >= 0.6 is 11.3 Å². The minimum Gasteiger partial charge on any atom is -0.186 e. The van der Waals surface area contributed by atoms with Gasteiger partial charge in [0.2, 0.25) is 4.96 Å². The van der Waals surface area contributed by atoms with Crippen LogP contribution in [0.4, 0.5) is 0 Å². The van der Waals surface area contributed by atoms with Crippen LogP contribution in [0.2, 0.25) is 0 Å². The highest BCUT2D eigenvalue weighted by molar-refractivity contribution is 7.17. The first-order chi connectivity index (χ1) is 14.8. The molecule has 0 unspecified atom stereocenters.